The van der Waals surface area contributed by atoms with Crippen molar-refractivity contribution in [1.29, 1.82) is 0 Å². The van der Waals surface area contributed by atoms with Gasteiger partial charge in [-0.05, 0) is 48.1 Å². The highest BCUT2D eigenvalue weighted by atomic mass is 14.7. The number of benzene rings is 1. The molecule has 1 heteroatoms. The van der Waals surface area contributed by atoms with Gasteiger partial charge in [-0.15, -0.1) is 0 Å². The number of nitrogens with two attached hydrogens (primary N) is 1. The van der Waals surface area contributed by atoms with E-state index in [2.05, 4.69) is 31.2 Å². The maximum absolute atomic E-state index is 6.52. The van der Waals surface area contributed by atoms with E-state index in [-0.39, 0.29) is 6.04 Å². The minimum atomic E-state index is 0.243. The summed E-state index contributed by atoms with van der Waals surface area (Å²) in [5, 5.41) is 0. The Hall–Kier alpha value is -0.820. The molecule has 0 spiro atoms. The van der Waals surface area contributed by atoms with E-state index < -0.39 is 0 Å². The van der Waals surface area contributed by atoms with Gasteiger partial charge in [-0.2, -0.15) is 0 Å². The Kier molecular flexibility index (Phi) is 4.45. The zero-order valence-corrected chi connectivity index (χ0v) is 12.9. The van der Waals surface area contributed by atoms with Gasteiger partial charge in [0.05, 0.1) is 0 Å². The summed E-state index contributed by atoms with van der Waals surface area (Å²) >= 11 is 0. The first-order valence-electron chi connectivity index (χ1n) is 8.61. The van der Waals surface area contributed by atoms with Gasteiger partial charge >= 0.3 is 0 Å². The average molecular weight is 271 g/mol. The van der Waals surface area contributed by atoms with Crippen LogP contribution in [0.3, 0.4) is 0 Å². The Morgan fingerprint density at radius 2 is 1.60 bits per heavy atom. The van der Waals surface area contributed by atoms with Gasteiger partial charge in [-0.1, -0.05) is 63.3 Å². The lowest BCUT2D eigenvalue weighted by atomic mass is 9.82. The van der Waals surface area contributed by atoms with Crippen LogP contribution in [0, 0.1) is 11.8 Å². The van der Waals surface area contributed by atoms with Crippen LogP contribution in [0.1, 0.15) is 81.4 Å². The molecule has 1 nitrogen and oxygen atoms in total. The minimum Gasteiger partial charge on any atom is -0.324 e. The van der Waals surface area contributed by atoms with Crippen molar-refractivity contribution in [2.45, 2.75) is 70.3 Å². The van der Waals surface area contributed by atoms with E-state index in [1.807, 2.05) is 0 Å². The Bertz CT molecular complexity index is 416. The molecule has 3 atom stereocenters. The normalized spacial score (nSPS) is 29.5. The summed E-state index contributed by atoms with van der Waals surface area (Å²) in [6.45, 7) is 2.37. The lowest BCUT2D eigenvalue weighted by Crippen LogP contribution is -2.23. The Morgan fingerprint density at radius 1 is 0.900 bits per heavy atom. The van der Waals surface area contributed by atoms with Gasteiger partial charge in [-0.3, -0.25) is 0 Å². The highest BCUT2D eigenvalue weighted by Crippen LogP contribution is 2.39. The molecule has 3 rings (SSSR count). The van der Waals surface area contributed by atoms with Gasteiger partial charge in [0.25, 0.3) is 0 Å². The van der Waals surface area contributed by atoms with E-state index in [1.54, 1.807) is 5.56 Å². The maximum atomic E-state index is 6.52. The second-order valence-corrected chi connectivity index (χ2v) is 7.10. The van der Waals surface area contributed by atoms with E-state index in [0.717, 1.165) is 11.8 Å². The van der Waals surface area contributed by atoms with Gasteiger partial charge in [0, 0.05) is 6.04 Å². The Balaban J connectivity index is 1.68. The highest BCUT2D eigenvalue weighted by Gasteiger charge is 2.29. The van der Waals surface area contributed by atoms with Crippen molar-refractivity contribution in [3.05, 3.63) is 35.4 Å². The molecule has 2 saturated carbocycles. The molecule has 1 aromatic rings. The molecule has 0 aromatic heterocycles. The lowest BCUT2D eigenvalue weighted by Gasteiger charge is -2.25. The second-order valence-electron chi connectivity index (χ2n) is 7.10. The fourth-order valence-corrected chi connectivity index (χ4v) is 4.38. The number of hydrogen-bond donors (Lipinski definition) is 1. The van der Waals surface area contributed by atoms with Crippen molar-refractivity contribution < 1.29 is 0 Å². The molecule has 0 bridgehead atoms. The van der Waals surface area contributed by atoms with Crippen LogP contribution in [0.25, 0.3) is 0 Å². The van der Waals surface area contributed by atoms with Crippen molar-refractivity contribution in [3.63, 3.8) is 0 Å². The average Bonchev–Trinajstić information content (AvgIpc) is 2.94. The van der Waals surface area contributed by atoms with E-state index in [4.69, 9.17) is 5.73 Å². The molecule has 2 aliphatic rings. The zero-order valence-electron chi connectivity index (χ0n) is 12.9. The van der Waals surface area contributed by atoms with Crippen LogP contribution in [-0.4, -0.2) is 0 Å². The molecule has 1 aromatic carbocycles. The number of rotatable bonds is 3. The second kappa shape index (κ2) is 6.30. The maximum Gasteiger partial charge on any atom is 0.0326 e. The molecular formula is C19H29N. The fourth-order valence-electron chi connectivity index (χ4n) is 4.38. The molecule has 110 valence electrons. The van der Waals surface area contributed by atoms with E-state index in [0.29, 0.717) is 5.92 Å². The Labute approximate surface area is 124 Å². The van der Waals surface area contributed by atoms with Crippen molar-refractivity contribution in [2.75, 3.05) is 0 Å². The first-order valence-corrected chi connectivity index (χ1v) is 8.61. The quantitative estimate of drug-likeness (QED) is 0.806. The van der Waals surface area contributed by atoms with Crippen molar-refractivity contribution in [1.82, 2.24) is 0 Å². The minimum absolute atomic E-state index is 0.243. The third-order valence-corrected chi connectivity index (χ3v) is 5.79. The molecular weight excluding hydrogens is 242 g/mol. The third kappa shape index (κ3) is 2.93. The molecule has 0 heterocycles. The molecule has 3 unspecified atom stereocenters. The molecule has 0 radical (unpaired) electrons. The SMILES string of the molecule is CC1CCCC1C(N)c1ccc(C2CCCCC2)cc1. The topological polar surface area (TPSA) is 26.0 Å². The van der Waals surface area contributed by atoms with Crippen molar-refractivity contribution in [2.24, 2.45) is 17.6 Å². The van der Waals surface area contributed by atoms with Crippen LogP contribution in [0.2, 0.25) is 0 Å². The van der Waals surface area contributed by atoms with Crippen molar-refractivity contribution >= 4 is 0 Å². The standard InChI is InChI=1S/C19H29N/c1-14-6-5-9-18(14)19(20)17-12-10-16(11-13-17)15-7-3-2-4-8-15/h10-15,18-19H,2-9,20H2,1H3. The van der Waals surface area contributed by atoms with Crippen molar-refractivity contribution in [3.8, 4) is 0 Å². The van der Waals surface area contributed by atoms with E-state index in [9.17, 15) is 0 Å². The van der Waals surface area contributed by atoms with Crippen LogP contribution < -0.4 is 5.73 Å². The first-order chi connectivity index (χ1) is 9.75. The largest absolute Gasteiger partial charge is 0.324 e. The summed E-state index contributed by atoms with van der Waals surface area (Å²) in [4.78, 5) is 0. The molecule has 0 amide bonds. The predicted molar refractivity (Wildman–Crippen MR) is 85.7 cm³/mol. The van der Waals surface area contributed by atoms with E-state index >= 15 is 0 Å². The highest BCUT2D eigenvalue weighted by molar-refractivity contribution is 5.28. The predicted octanol–water partition coefficient (Wildman–Crippen LogP) is 5.17. The zero-order chi connectivity index (χ0) is 13.9. The molecule has 0 saturated heterocycles. The van der Waals surface area contributed by atoms with Gasteiger partial charge in [-0.25, -0.2) is 0 Å². The summed E-state index contributed by atoms with van der Waals surface area (Å²) in [5.41, 5.74) is 9.41. The summed E-state index contributed by atoms with van der Waals surface area (Å²) in [6.07, 6.45) is 11.0. The Morgan fingerprint density at radius 3 is 2.20 bits per heavy atom. The van der Waals surface area contributed by atoms with Crippen LogP contribution in [-0.2, 0) is 0 Å². The molecule has 2 fully saturated rings. The van der Waals surface area contributed by atoms with Gasteiger partial charge in [0.1, 0.15) is 0 Å². The monoisotopic (exact) mass is 271 g/mol. The van der Waals surface area contributed by atoms with Gasteiger partial charge in [0.2, 0.25) is 0 Å². The smallest absolute Gasteiger partial charge is 0.0326 e. The van der Waals surface area contributed by atoms with Crippen LogP contribution >= 0.6 is 0 Å². The van der Waals surface area contributed by atoms with Crippen LogP contribution in [0.15, 0.2) is 24.3 Å². The van der Waals surface area contributed by atoms with Gasteiger partial charge in [0.15, 0.2) is 0 Å². The number of hydrogen-bond acceptors (Lipinski definition) is 1. The first kappa shape index (κ1) is 14.1. The molecule has 0 aliphatic heterocycles. The fraction of sp³-hybridized carbons (Fsp3) is 0.684. The van der Waals surface area contributed by atoms with Gasteiger partial charge < -0.3 is 5.73 Å². The van der Waals surface area contributed by atoms with E-state index in [1.165, 1.54) is 56.9 Å². The van der Waals surface area contributed by atoms with Crippen LogP contribution in [0.5, 0.6) is 0 Å². The summed E-state index contributed by atoms with van der Waals surface area (Å²) in [5.74, 6) is 2.29. The van der Waals surface area contributed by atoms with Crippen LogP contribution in [0.4, 0.5) is 0 Å². The summed E-state index contributed by atoms with van der Waals surface area (Å²) < 4.78 is 0. The molecule has 20 heavy (non-hydrogen) atoms. The third-order valence-electron chi connectivity index (χ3n) is 5.79. The lowest BCUT2D eigenvalue weighted by molar-refractivity contribution is 0.351. The summed E-state index contributed by atoms with van der Waals surface area (Å²) in [6, 6.07) is 9.56. The summed E-state index contributed by atoms with van der Waals surface area (Å²) in [7, 11) is 0. The molecule has 2 N–H and O–H groups in total. The molecule has 2 aliphatic carbocycles.